The van der Waals surface area contributed by atoms with E-state index in [9.17, 15) is 9.59 Å². The number of unbranched alkanes of at least 4 members (excludes halogenated alkanes) is 18. The third-order valence-corrected chi connectivity index (χ3v) is 6.43. The second-order valence-electron chi connectivity index (χ2n) is 9.92. The summed E-state index contributed by atoms with van der Waals surface area (Å²) in [7, 11) is 0. The first-order valence-electron chi connectivity index (χ1n) is 14.3. The Balaban J connectivity index is 3.71. The van der Waals surface area contributed by atoms with Gasteiger partial charge in [0.1, 0.15) is 11.9 Å². The number of Topliss-reactive ketones (excluding diaryl/α,β-unsaturated/α-hetero) is 1. The smallest absolute Gasteiger partial charge is 0.306 e. The molecule has 1 atom stereocenters. The molecule has 0 unspecified atom stereocenters. The van der Waals surface area contributed by atoms with Gasteiger partial charge >= 0.3 is 5.97 Å². The molecule has 32 heavy (non-hydrogen) atoms. The van der Waals surface area contributed by atoms with Gasteiger partial charge in [0.25, 0.3) is 0 Å². The third kappa shape index (κ3) is 23.8. The largest absolute Gasteiger partial charge is 0.462 e. The molecule has 0 saturated heterocycles. The van der Waals surface area contributed by atoms with Crippen LogP contribution >= 0.6 is 0 Å². The summed E-state index contributed by atoms with van der Waals surface area (Å²) in [6.07, 6.45) is 27.1. The van der Waals surface area contributed by atoms with E-state index in [1.807, 2.05) is 0 Å². The third-order valence-electron chi connectivity index (χ3n) is 6.43. The summed E-state index contributed by atoms with van der Waals surface area (Å²) in [4.78, 5) is 23.8. The number of rotatable bonds is 25. The highest BCUT2D eigenvalue weighted by atomic mass is 16.5. The first kappa shape index (κ1) is 31.1. The zero-order valence-corrected chi connectivity index (χ0v) is 22.1. The van der Waals surface area contributed by atoms with Crippen molar-refractivity contribution >= 4 is 11.8 Å². The van der Waals surface area contributed by atoms with Crippen molar-refractivity contribution in [3.05, 3.63) is 0 Å². The molecule has 190 valence electrons. The van der Waals surface area contributed by atoms with Crippen LogP contribution in [0.2, 0.25) is 0 Å². The Kier molecular flexibility index (Phi) is 24.1. The highest BCUT2D eigenvalue weighted by Crippen LogP contribution is 2.16. The fourth-order valence-corrected chi connectivity index (χ4v) is 4.38. The van der Waals surface area contributed by atoms with Crippen molar-refractivity contribution in [3.63, 3.8) is 0 Å². The van der Waals surface area contributed by atoms with Crippen molar-refractivity contribution in [1.82, 2.24) is 0 Å². The number of hydrogen-bond donors (Lipinski definition) is 0. The fourth-order valence-electron chi connectivity index (χ4n) is 4.38. The van der Waals surface area contributed by atoms with Crippen molar-refractivity contribution in [2.75, 3.05) is 0 Å². The van der Waals surface area contributed by atoms with Crippen LogP contribution in [-0.4, -0.2) is 17.9 Å². The van der Waals surface area contributed by atoms with Crippen molar-refractivity contribution in [3.8, 4) is 0 Å². The van der Waals surface area contributed by atoms with Crippen LogP contribution < -0.4 is 0 Å². The molecule has 0 radical (unpaired) electrons. The molecule has 0 amide bonds. The second kappa shape index (κ2) is 24.8. The van der Waals surface area contributed by atoms with E-state index in [1.165, 1.54) is 109 Å². The summed E-state index contributed by atoms with van der Waals surface area (Å²) in [5.74, 6) is 0.0107. The minimum absolute atomic E-state index is 0.108. The lowest BCUT2D eigenvalue weighted by Crippen LogP contribution is -2.20. The molecule has 0 aromatic rings. The summed E-state index contributed by atoms with van der Waals surface area (Å²) in [5, 5.41) is 0. The highest BCUT2D eigenvalue weighted by Gasteiger charge is 2.16. The van der Waals surface area contributed by atoms with Crippen LogP contribution in [0.15, 0.2) is 0 Å². The fraction of sp³-hybridized carbons (Fsp3) is 0.931. The number of ketones is 1. The molecule has 0 aliphatic rings. The molecule has 3 nitrogen and oxygen atoms in total. The quantitative estimate of drug-likeness (QED) is 0.102. The van der Waals surface area contributed by atoms with E-state index in [-0.39, 0.29) is 17.9 Å². The zero-order chi connectivity index (χ0) is 23.7. The number of carbonyl (C=O) groups excluding carboxylic acids is 2. The number of hydrogen-bond acceptors (Lipinski definition) is 3. The van der Waals surface area contributed by atoms with E-state index in [4.69, 9.17) is 4.74 Å². The van der Waals surface area contributed by atoms with Gasteiger partial charge in [0.2, 0.25) is 0 Å². The Morgan fingerprint density at radius 1 is 0.562 bits per heavy atom. The van der Waals surface area contributed by atoms with Gasteiger partial charge in [-0.15, -0.1) is 0 Å². The molecule has 0 saturated carbocycles. The SMILES string of the molecule is CCCCCCCCCCCCCC(=O)O[C@@H](CCCCCCCCCCC)CC(C)=O. The minimum atomic E-state index is -0.211. The second-order valence-corrected chi connectivity index (χ2v) is 9.92. The Morgan fingerprint density at radius 2 is 0.938 bits per heavy atom. The predicted octanol–water partition coefficient (Wildman–Crippen LogP) is 9.50. The predicted molar refractivity (Wildman–Crippen MR) is 138 cm³/mol. The van der Waals surface area contributed by atoms with Gasteiger partial charge in [-0.25, -0.2) is 0 Å². The van der Waals surface area contributed by atoms with Gasteiger partial charge < -0.3 is 4.74 Å². The first-order valence-corrected chi connectivity index (χ1v) is 14.3. The van der Waals surface area contributed by atoms with Crippen LogP contribution in [0.1, 0.15) is 168 Å². The van der Waals surface area contributed by atoms with Gasteiger partial charge in [-0.05, 0) is 26.2 Å². The Morgan fingerprint density at radius 3 is 1.34 bits per heavy atom. The van der Waals surface area contributed by atoms with Gasteiger partial charge in [0.05, 0.1) is 0 Å². The maximum Gasteiger partial charge on any atom is 0.306 e. The molecule has 0 bridgehead atoms. The van der Waals surface area contributed by atoms with E-state index in [0.717, 1.165) is 25.7 Å². The van der Waals surface area contributed by atoms with Gasteiger partial charge in [-0.2, -0.15) is 0 Å². The summed E-state index contributed by atoms with van der Waals surface area (Å²) < 4.78 is 5.67. The van der Waals surface area contributed by atoms with E-state index >= 15 is 0 Å². The number of esters is 1. The average molecular weight is 453 g/mol. The van der Waals surface area contributed by atoms with E-state index in [1.54, 1.807) is 6.92 Å². The van der Waals surface area contributed by atoms with Crippen molar-refractivity contribution < 1.29 is 14.3 Å². The lowest BCUT2D eigenvalue weighted by Gasteiger charge is -2.17. The lowest BCUT2D eigenvalue weighted by atomic mass is 10.0. The minimum Gasteiger partial charge on any atom is -0.462 e. The standard InChI is InChI=1S/C29H56O3/c1-4-6-8-10-12-14-15-17-19-21-23-25-29(31)32-28(26-27(3)30)24-22-20-18-16-13-11-9-7-5-2/h28H,4-26H2,1-3H3/t28-/m0/s1. The maximum atomic E-state index is 12.2. The number of carbonyl (C=O) groups is 2. The van der Waals surface area contributed by atoms with Crippen molar-refractivity contribution in [2.45, 2.75) is 175 Å². The number of ether oxygens (including phenoxy) is 1. The molecule has 0 rings (SSSR count). The summed E-state index contributed by atoms with van der Waals surface area (Å²) in [6, 6.07) is 0. The monoisotopic (exact) mass is 452 g/mol. The molecule has 0 fully saturated rings. The Hall–Kier alpha value is -0.860. The van der Waals surface area contributed by atoms with Gasteiger partial charge in [0, 0.05) is 12.8 Å². The summed E-state index contributed by atoms with van der Waals surface area (Å²) in [6.45, 7) is 6.11. The van der Waals surface area contributed by atoms with Crippen LogP contribution in [0.25, 0.3) is 0 Å². The maximum absolute atomic E-state index is 12.2. The van der Waals surface area contributed by atoms with Crippen LogP contribution in [0.3, 0.4) is 0 Å². The molecular weight excluding hydrogens is 396 g/mol. The topological polar surface area (TPSA) is 43.4 Å². The molecule has 0 aliphatic heterocycles. The van der Waals surface area contributed by atoms with E-state index in [2.05, 4.69) is 13.8 Å². The lowest BCUT2D eigenvalue weighted by molar-refractivity contribution is -0.150. The van der Waals surface area contributed by atoms with Crippen LogP contribution in [0.5, 0.6) is 0 Å². The molecule has 0 spiro atoms. The van der Waals surface area contributed by atoms with Gasteiger partial charge in [-0.3, -0.25) is 9.59 Å². The van der Waals surface area contributed by atoms with E-state index in [0.29, 0.717) is 12.8 Å². The normalized spacial score (nSPS) is 12.1. The van der Waals surface area contributed by atoms with Crippen LogP contribution in [0.4, 0.5) is 0 Å². The first-order chi connectivity index (χ1) is 15.6. The van der Waals surface area contributed by atoms with E-state index < -0.39 is 0 Å². The molecule has 0 N–H and O–H groups in total. The van der Waals surface area contributed by atoms with Crippen molar-refractivity contribution in [1.29, 1.82) is 0 Å². The summed E-state index contributed by atoms with van der Waals surface area (Å²) >= 11 is 0. The van der Waals surface area contributed by atoms with Crippen LogP contribution in [0, 0.1) is 0 Å². The molecule has 0 aliphatic carbocycles. The average Bonchev–Trinajstić information content (AvgIpc) is 2.75. The van der Waals surface area contributed by atoms with Gasteiger partial charge in [0.15, 0.2) is 0 Å². The highest BCUT2D eigenvalue weighted by molar-refractivity contribution is 5.76. The molecule has 3 heteroatoms. The van der Waals surface area contributed by atoms with Crippen LogP contribution in [-0.2, 0) is 14.3 Å². The van der Waals surface area contributed by atoms with Gasteiger partial charge in [-0.1, -0.05) is 129 Å². The van der Waals surface area contributed by atoms with Crippen molar-refractivity contribution in [2.24, 2.45) is 0 Å². The molecule has 0 aromatic heterocycles. The molecule has 0 aromatic carbocycles. The molecule has 0 heterocycles. The zero-order valence-electron chi connectivity index (χ0n) is 22.1. The molecular formula is C29H56O3. The Bertz CT molecular complexity index is 419. The Labute approximate surface area is 200 Å². The summed E-state index contributed by atoms with van der Waals surface area (Å²) in [5.41, 5.74) is 0.